The molecule has 1 aliphatic rings. The van der Waals surface area contributed by atoms with Crippen molar-refractivity contribution in [3.63, 3.8) is 0 Å². The van der Waals surface area contributed by atoms with Crippen LogP contribution in [0.3, 0.4) is 0 Å². The molecule has 3 rings (SSSR count). The molecule has 1 heterocycles. The van der Waals surface area contributed by atoms with Gasteiger partial charge in [0.15, 0.2) is 11.5 Å². The molecule has 0 amide bonds. The minimum Gasteiger partial charge on any atom is -0.502 e. The zero-order valence-electron chi connectivity index (χ0n) is 16.4. The second-order valence-corrected chi connectivity index (χ2v) is 7.05. The highest BCUT2D eigenvalue weighted by Crippen LogP contribution is 2.36. The molecule has 0 bridgehead atoms. The summed E-state index contributed by atoms with van der Waals surface area (Å²) in [6.07, 6.45) is 0. The van der Waals surface area contributed by atoms with Crippen LogP contribution in [0, 0.1) is 0 Å². The third-order valence-electron chi connectivity index (χ3n) is 5.27. The number of piperazine rings is 1. The number of hydrogen-bond acceptors (Lipinski definition) is 4. The average molecular weight is 374 g/mol. The maximum absolute atomic E-state index is 10.1. The quantitative estimate of drug-likeness (QED) is 0.634. The summed E-state index contributed by atoms with van der Waals surface area (Å²) >= 11 is 0. The van der Waals surface area contributed by atoms with E-state index in [9.17, 15) is 5.11 Å². The smallest absolute Gasteiger partial charge is 0.200 e. The summed E-state index contributed by atoms with van der Waals surface area (Å²) in [6, 6.07) is 12.2. The van der Waals surface area contributed by atoms with Crippen molar-refractivity contribution in [3.05, 3.63) is 47.5 Å². The van der Waals surface area contributed by atoms with E-state index in [1.54, 1.807) is 31.1 Å². The van der Waals surface area contributed by atoms with E-state index < -0.39 is 0 Å². The summed E-state index contributed by atoms with van der Waals surface area (Å²) in [7, 11) is 4.82. The maximum Gasteiger partial charge on any atom is 0.200 e. The zero-order valence-corrected chi connectivity index (χ0v) is 16.4. The van der Waals surface area contributed by atoms with Crippen molar-refractivity contribution in [2.45, 2.75) is 13.1 Å². The van der Waals surface area contributed by atoms with Crippen LogP contribution in [-0.4, -0.2) is 52.6 Å². The van der Waals surface area contributed by atoms with E-state index >= 15 is 0 Å². The lowest BCUT2D eigenvalue weighted by molar-refractivity contribution is -1.02. The predicted molar refractivity (Wildman–Crippen MR) is 103 cm³/mol. The first-order valence-electron chi connectivity index (χ1n) is 9.37. The van der Waals surface area contributed by atoms with Crippen LogP contribution in [0.25, 0.3) is 0 Å². The highest BCUT2D eigenvalue weighted by Gasteiger charge is 2.24. The molecule has 0 aromatic heterocycles. The number of aromatic hydroxyl groups is 1. The van der Waals surface area contributed by atoms with E-state index in [1.807, 2.05) is 24.3 Å². The van der Waals surface area contributed by atoms with E-state index in [-0.39, 0.29) is 5.75 Å². The van der Waals surface area contributed by atoms with Gasteiger partial charge >= 0.3 is 0 Å². The van der Waals surface area contributed by atoms with Gasteiger partial charge < -0.3 is 29.1 Å². The molecule has 0 radical (unpaired) electrons. The Morgan fingerprint density at radius 1 is 0.741 bits per heavy atom. The van der Waals surface area contributed by atoms with E-state index in [4.69, 9.17) is 14.2 Å². The Bertz CT molecular complexity index is 715. The van der Waals surface area contributed by atoms with Gasteiger partial charge in [-0.15, -0.1) is 0 Å². The summed E-state index contributed by atoms with van der Waals surface area (Å²) in [6.45, 7) is 6.50. The van der Waals surface area contributed by atoms with Crippen LogP contribution in [0.5, 0.6) is 23.0 Å². The molecule has 0 aliphatic carbocycles. The third-order valence-corrected chi connectivity index (χ3v) is 5.27. The Morgan fingerprint density at radius 3 is 1.67 bits per heavy atom. The van der Waals surface area contributed by atoms with Gasteiger partial charge in [-0.2, -0.15) is 0 Å². The van der Waals surface area contributed by atoms with Crippen LogP contribution in [-0.2, 0) is 13.1 Å². The van der Waals surface area contributed by atoms with Crippen LogP contribution >= 0.6 is 0 Å². The average Bonchev–Trinajstić information content (AvgIpc) is 2.71. The molecule has 2 aromatic rings. The second kappa shape index (κ2) is 8.97. The van der Waals surface area contributed by atoms with Gasteiger partial charge in [-0.1, -0.05) is 0 Å². The fraction of sp³-hybridized carbons (Fsp3) is 0.429. The van der Waals surface area contributed by atoms with Crippen molar-refractivity contribution in [1.82, 2.24) is 0 Å². The summed E-state index contributed by atoms with van der Waals surface area (Å²) < 4.78 is 15.8. The first-order valence-corrected chi connectivity index (χ1v) is 9.37. The summed E-state index contributed by atoms with van der Waals surface area (Å²) in [5.74, 6) is 1.90. The number of phenolic OH excluding ortho intramolecular Hbond substituents is 1. The van der Waals surface area contributed by atoms with Gasteiger partial charge in [-0.05, 0) is 36.4 Å². The normalized spacial score (nSPS) is 19.5. The molecule has 0 atom stereocenters. The highest BCUT2D eigenvalue weighted by atomic mass is 16.5. The van der Waals surface area contributed by atoms with Gasteiger partial charge in [0.2, 0.25) is 5.75 Å². The van der Waals surface area contributed by atoms with Gasteiger partial charge in [0.05, 0.1) is 21.3 Å². The molecule has 146 valence electrons. The molecule has 0 unspecified atom stereocenters. The van der Waals surface area contributed by atoms with Crippen LogP contribution in [0.15, 0.2) is 36.4 Å². The van der Waals surface area contributed by atoms with Crippen molar-refractivity contribution in [2.24, 2.45) is 0 Å². The number of benzene rings is 2. The number of quaternary nitrogens is 2. The van der Waals surface area contributed by atoms with Crippen LogP contribution in [0.4, 0.5) is 0 Å². The molecule has 1 saturated heterocycles. The van der Waals surface area contributed by atoms with Gasteiger partial charge in [-0.25, -0.2) is 0 Å². The SMILES string of the molecule is COc1ccc(C[NH+]2CC[NH+](Cc3cc(OC)c(O)c(OC)c3)CC2)cc1. The standard InChI is InChI=1S/C21H28N2O4/c1-25-18-6-4-16(5-7-18)14-22-8-10-23(11-9-22)15-17-12-19(26-2)21(24)20(13-17)27-3/h4-7,12-13,24H,8-11,14-15H2,1-3H3/p+2. The van der Waals surface area contributed by atoms with Gasteiger partial charge in [0.1, 0.15) is 45.0 Å². The molecule has 0 saturated carbocycles. The Kier molecular flexibility index (Phi) is 6.42. The lowest BCUT2D eigenvalue weighted by atomic mass is 10.1. The van der Waals surface area contributed by atoms with Gasteiger partial charge in [0, 0.05) is 11.1 Å². The molecule has 2 aromatic carbocycles. The molecule has 27 heavy (non-hydrogen) atoms. The van der Waals surface area contributed by atoms with Crippen molar-refractivity contribution < 1.29 is 29.1 Å². The Morgan fingerprint density at radius 2 is 1.22 bits per heavy atom. The van der Waals surface area contributed by atoms with Gasteiger partial charge in [-0.3, -0.25) is 0 Å². The number of hydrogen-bond donors (Lipinski definition) is 3. The number of methoxy groups -OCH3 is 3. The molecule has 3 N–H and O–H groups in total. The number of nitrogens with one attached hydrogen (secondary N) is 2. The van der Waals surface area contributed by atoms with Crippen LogP contribution < -0.4 is 24.0 Å². The molecule has 0 spiro atoms. The third kappa shape index (κ3) is 4.84. The largest absolute Gasteiger partial charge is 0.502 e. The minimum absolute atomic E-state index is 0.0625. The molecule has 1 aliphatic heterocycles. The topological polar surface area (TPSA) is 56.8 Å². The minimum atomic E-state index is 0.0625. The van der Waals surface area contributed by atoms with E-state index in [2.05, 4.69) is 12.1 Å². The van der Waals surface area contributed by atoms with Crippen molar-refractivity contribution >= 4 is 0 Å². The fourth-order valence-corrected chi connectivity index (χ4v) is 3.68. The monoisotopic (exact) mass is 374 g/mol. The Balaban J connectivity index is 1.54. The molecular formula is C21H30N2O4+2. The highest BCUT2D eigenvalue weighted by molar-refractivity contribution is 5.52. The molecular weight excluding hydrogens is 344 g/mol. The number of rotatable bonds is 7. The lowest BCUT2D eigenvalue weighted by Crippen LogP contribution is -3.27. The summed E-state index contributed by atoms with van der Waals surface area (Å²) in [5.41, 5.74) is 2.47. The van der Waals surface area contributed by atoms with E-state index in [0.29, 0.717) is 11.5 Å². The first kappa shape index (κ1) is 19.3. The predicted octanol–water partition coefficient (Wildman–Crippen LogP) is -0.0984. The number of phenols is 1. The fourth-order valence-electron chi connectivity index (χ4n) is 3.68. The Hall–Kier alpha value is -2.44. The summed E-state index contributed by atoms with van der Waals surface area (Å²) in [5, 5.41) is 10.1. The maximum atomic E-state index is 10.1. The Labute approximate surface area is 160 Å². The van der Waals surface area contributed by atoms with E-state index in [0.717, 1.165) is 50.6 Å². The van der Waals surface area contributed by atoms with Crippen LogP contribution in [0.1, 0.15) is 11.1 Å². The van der Waals surface area contributed by atoms with E-state index in [1.165, 1.54) is 5.56 Å². The molecule has 1 fully saturated rings. The first-order chi connectivity index (χ1) is 13.1. The van der Waals surface area contributed by atoms with Crippen molar-refractivity contribution in [2.75, 3.05) is 47.5 Å². The zero-order chi connectivity index (χ0) is 19.2. The van der Waals surface area contributed by atoms with Crippen molar-refractivity contribution in [3.8, 4) is 23.0 Å². The second-order valence-electron chi connectivity index (χ2n) is 7.05. The van der Waals surface area contributed by atoms with Gasteiger partial charge in [0.25, 0.3) is 0 Å². The lowest BCUT2D eigenvalue weighted by Gasteiger charge is -2.30. The van der Waals surface area contributed by atoms with Crippen LogP contribution in [0.2, 0.25) is 0 Å². The van der Waals surface area contributed by atoms with Crippen molar-refractivity contribution in [1.29, 1.82) is 0 Å². The molecule has 6 heteroatoms. The molecule has 6 nitrogen and oxygen atoms in total. The number of ether oxygens (including phenoxy) is 3. The summed E-state index contributed by atoms with van der Waals surface area (Å²) in [4.78, 5) is 3.16.